The first-order chi connectivity index (χ1) is 12.1. The van der Waals surface area contributed by atoms with E-state index in [2.05, 4.69) is 36.6 Å². The zero-order valence-electron chi connectivity index (χ0n) is 15.6. The van der Waals surface area contributed by atoms with Crippen LogP contribution in [0.5, 0.6) is 0 Å². The van der Waals surface area contributed by atoms with Gasteiger partial charge < -0.3 is 10.6 Å². The molecule has 4 nitrogen and oxygen atoms in total. The Labute approximate surface area is 174 Å². The largest absolute Gasteiger partial charge is 0.341 e. The Morgan fingerprint density at radius 3 is 1.65 bits per heavy atom. The summed E-state index contributed by atoms with van der Waals surface area (Å²) in [5.74, 6) is 1.20. The highest BCUT2D eigenvalue weighted by Gasteiger charge is 2.13. The number of hydrogen-bond donors (Lipinski definition) is 2. The molecule has 1 aromatic carbocycles. The molecule has 142 valence electrons. The summed E-state index contributed by atoms with van der Waals surface area (Å²) >= 11 is 13.3. The number of thioether (sulfide) groups is 2. The maximum atomic E-state index is 11.1. The monoisotopic (exact) mass is 428 g/mol. The van der Waals surface area contributed by atoms with Gasteiger partial charge >= 0.3 is 0 Å². The number of rotatable bonds is 7. The molecule has 8 heteroatoms. The highest BCUT2D eigenvalue weighted by atomic mass is 32.2. The van der Waals surface area contributed by atoms with Crippen LogP contribution in [0, 0.1) is 6.92 Å². The van der Waals surface area contributed by atoms with E-state index in [9.17, 15) is 9.59 Å². The van der Waals surface area contributed by atoms with Crippen LogP contribution >= 0.6 is 48.0 Å². The quantitative estimate of drug-likeness (QED) is 0.578. The number of ketones is 2. The molecule has 0 radical (unpaired) electrons. The third kappa shape index (κ3) is 8.16. The van der Waals surface area contributed by atoms with Crippen molar-refractivity contribution in [3.63, 3.8) is 0 Å². The van der Waals surface area contributed by atoms with E-state index in [1.54, 1.807) is 13.8 Å². The zero-order chi connectivity index (χ0) is 19.9. The summed E-state index contributed by atoms with van der Waals surface area (Å²) in [7, 11) is 0. The van der Waals surface area contributed by atoms with E-state index in [1.165, 1.54) is 23.5 Å². The summed E-state index contributed by atoms with van der Waals surface area (Å²) in [5.41, 5.74) is 3.89. The van der Waals surface area contributed by atoms with Gasteiger partial charge in [-0.1, -0.05) is 61.8 Å². The van der Waals surface area contributed by atoms with E-state index in [-0.39, 0.29) is 11.6 Å². The zero-order valence-corrected chi connectivity index (χ0v) is 18.9. The third-order valence-corrected chi connectivity index (χ3v) is 6.12. The van der Waals surface area contributed by atoms with Gasteiger partial charge in [0.05, 0.1) is 11.5 Å². The number of hydrogen-bond acceptors (Lipinski definition) is 6. The van der Waals surface area contributed by atoms with Crippen molar-refractivity contribution >= 4 is 79.5 Å². The molecule has 0 aliphatic carbocycles. The van der Waals surface area contributed by atoms with Gasteiger partial charge in [0, 0.05) is 11.4 Å². The number of benzene rings is 1. The molecule has 0 saturated heterocycles. The second-order valence-electron chi connectivity index (χ2n) is 6.20. The smallest absolute Gasteiger partial charge is 0.140 e. The third-order valence-electron chi connectivity index (χ3n) is 3.38. The van der Waals surface area contributed by atoms with E-state index in [1.807, 2.05) is 6.92 Å². The molecule has 0 amide bonds. The van der Waals surface area contributed by atoms with Gasteiger partial charge in [-0.3, -0.25) is 9.59 Å². The molecule has 1 rings (SSSR count). The van der Waals surface area contributed by atoms with Gasteiger partial charge in [0.1, 0.15) is 20.2 Å². The molecule has 1 aromatic rings. The number of carbonyl (C=O) groups is 2. The van der Waals surface area contributed by atoms with Crippen LogP contribution in [-0.4, -0.2) is 31.7 Å². The summed E-state index contributed by atoms with van der Waals surface area (Å²) < 4.78 is 1.12. The molecule has 0 heterocycles. The maximum absolute atomic E-state index is 11.1. The predicted octanol–water partition coefficient (Wildman–Crippen LogP) is 5.16. The van der Waals surface area contributed by atoms with Crippen molar-refractivity contribution in [1.82, 2.24) is 0 Å². The van der Waals surface area contributed by atoms with Gasteiger partial charge in [-0.25, -0.2) is 0 Å². The number of thiocarbonyl (C=S) groups is 2. The summed E-state index contributed by atoms with van der Waals surface area (Å²) in [6.45, 7) is 9.29. The lowest BCUT2D eigenvalue weighted by atomic mass is 9.99. The molecule has 0 unspecified atom stereocenters. The molecular weight excluding hydrogens is 404 g/mol. The number of anilines is 2. The molecule has 0 aliphatic heterocycles. The molecule has 0 saturated carbocycles. The molecule has 0 aliphatic rings. The molecule has 26 heavy (non-hydrogen) atoms. The topological polar surface area (TPSA) is 58.2 Å². The lowest BCUT2D eigenvalue weighted by molar-refractivity contribution is -0.115. The Balaban J connectivity index is 3.01. The average Bonchev–Trinajstić information content (AvgIpc) is 2.54. The number of Topliss-reactive ketones (excluding diaryl/α,β-unsaturated/α-hetero) is 2. The minimum absolute atomic E-state index is 0.0852. The average molecular weight is 429 g/mol. The Morgan fingerprint density at radius 1 is 0.962 bits per heavy atom. The van der Waals surface area contributed by atoms with Crippen molar-refractivity contribution in [3.8, 4) is 0 Å². The van der Waals surface area contributed by atoms with Crippen molar-refractivity contribution in [2.45, 2.75) is 40.5 Å². The Morgan fingerprint density at radius 2 is 1.35 bits per heavy atom. The molecule has 0 spiro atoms. The van der Waals surface area contributed by atoms with Crippen molar-refractivity contribution in [2.24, 2.45) is 0 Å². The first-order valence-electron chi connectivity index (χ1n) is 8.11. The molecule has 0 fully saturated rings. The molecule has 2 N–H and O–H groups in total. The molecular formula is C18H24N2O2S4. The van der Waals surface area contributed by atoms with Crippen LogP contribution in [0.25, 0.3) is 0 Å². The predicted molar refractivity (Wildman–Crippen MR) is 124 cm³/mol. The molecule has 0 atom stereocenters. The molecule has 0 aromatic heterocycles. The van der Waals surface area contributed by atoms with E-state index in [0.717, 1.165) is 22.5 Å². The Kier molecular flexibility index (Phi) is 9.78. The summed E-state index contributed by atoms with van der Waals surface area (Å²) in [6.07, 6.45) is 0. The fourth-order valence-corrected chi connectivity index (χ4v) is 3.56. The first-order valence-corrected chi connectivity index (χ1v) is 10.9. The normalized spacial score (nSPS) is 10.5. The Bertz CT molecular complexity index is 664. The fourth-order valence-electron chi connectivity index (χ4n) is 1.96. The molecule has 0 bridgehead atoms. The lowest BCUT2D eigenvalue weighted by Gasteiger charge is -2.19. The van der Waals surface area contributed by atoms with Crippen molar-refractivity contribution < 1.29 is 9.59 Å². The second-order valence-corrected chi connectivity index (χ2v) is 9.51. The fraction of sp³-hybridized carbons (Fsp3) is 0.444. The van der Waals surface area contributed by atoms with Crippen molar-refractivity contribution in [1.29, 1.82) is 0 Å². The summed E-state index contributed by atoms with van der Waals surface area (Å²) in [6, 6.07) is 4.13. The summed E-state index contributed by atoms with van der Waals surface area (Å²) in [5, 5.41) is 6.45. The van der Waals surface area contributed by atoms with Crippen molar-refractivity contribution in [2.75, 3.05) is 22.1 Å². The van der Waals surface area contributed by atoms with Crippen molar-refractivity contribution in [3.05, 3.63) is 23.3 Å². The van der Waals surface area contributed by atoms with Crippen LogP contribution < -0.4 is 10.6 Å². The van der Waals surface area contributed by atoms with Gasteiger partial charge in [0.15, 0.2) is 0 Å². The van der Waals surface area contributed by atoms with Gasteiger partial charge in [-0.2, -0.15) is 0 Å². The number of nitrogens with one attached hydrogen (secondary N) is 2. The number of carbonyl (C=O) groups excluding carboxylic acids is 2. The highest BCUT2D eigenvalue weighted by Crippen LogP contribution is 2.31. The SMILES string of the molecule is CC(=O)CSC(=S)Nc1cc(C(C)C)cc(NC(=S)SCC(C)=O)c1C. The Hall–Kier alpha value is -0.960. The van der Waals surface area contributed by atoms with Gasteiger partial charge in [0.2, 0.25) is 0 Å². The van der Waals surface area contributed by atoms with E-state index >= 15 is 0 Å². The van der Waals surface area contributed by atoms with E-state index < -0.39 is 0 Å². The van der Waals surface area contributed by atoms with E-state index in [0.29, 0.717) is 26.1 Å². The standard InChI is InChI=1S/C18H24N2O2S4/c1-10(2)14-6-15(19-17(23)25-8-11(3)21)13(5)16(7-14)20-18(24)26-9-12(4)22/h6-7,10H,8-9H2,1-5H3,(H,19,23)(H,20,24). The van der Waals surface area contributed by atoms with Gasteiger partial charge in [0.25, 0.3) is 0 Å². The van der Waals surface area contributed by atoms with E-state index in [4.69, 9.17) is 24.4 Å². The van der Waals surface area contributed by atoms with Crippen LogP contribution in [0.2, 0.25) is 0 Å². The minimum atomic E-state index is 0.0852. The van der Waals surface area contributed by atoms with Crippen LogP contribution in [0.1, 0.15) is 44.7 Å². The van der Waals surface area contributed by atoms with Crippen LogP contribution in [0.4, 0.5) is 11.4 Å². The van der Waals surface area contributed by atoms with Crippen LogP contribution in [0.15, 0.2) is 12.1 Å². The van der Waals surface area contributed by atoms with Crippen LogP contribution in [0.3, 0.4) is 0 Å². The van der Waals surface area contributed by atoms with Crippen LogP contribution in [-0.2, 0) is 9.59 Å². The first kappa shape index (κ1) is 23.1. The van der Waals surface area contributed by atoms with Gasteiger partial charge in [-0.15, -0.1) is 0 Å². The minimum Gasteiger partial charge on any atom is -0.341 e. The second kappa shape index (κ2) is 11.0. The maximum Gasteiger partial charge on any atom is 0.140 e. The highest BCUT2D eigenvalue weighted by molar-refractivity contribution is 8.24. The summed E-state index contributed by atoms with van der Waals surface area (Å²) in [4.78, 5) is 22.3. The van der Waals surface area contributed by atoms with Gasteiger partial charge in [-0.05, 0) is 49.9 Å². The lowest BCUT2D eigenvalue weighted by Crippen LogP contribution is -2.13.